The molecule has 0 saturated carbocycles. The van der Waals surface area contributed by atoms with Crippen molar-refractivity contribution in [2.75, 3.05) is 36.4 Å². The maximum atomic E-state index is 12.2. The first kappa shape index (κ1) is 14.2. The van der Waals surface area contributed by atoms with E-state index in [-0.39, 0.29) is 6.03 Å². The van der Waals surface area contributed by atoms with E-state index in [1.165, 1.54) is 0 Å². The molecule has 1 N–H and O–H groups in total. The van der Waals surface area contributed by atoms with E-state index in [4.69, 9.17) is 0 Å². The summed E-state index contributed by atoms with van der Waals surface area (Å²) in [6.07, 6.45) is 3.45. The van der Waals surface area contributed by atoms with Crippen LogP contribution in [-0.4, -0.2) is 52.1 Å². The monoisotopic (exact) mass is 298 g/mol. The Morgan fingerprint density at radius 2 is 1.82 bits per heavy atom. The molecule has 22 heavy (non-hydrogen) atoms. The Morgan fingerprint density at radius 1 is 1.09 bits per heavy atom. The van der Waals surface area contributed by atoms with Gasteiger partial charge in [0.15, 0.2) is 0 Å². The highest BCUT2D eigenvalue weighted by Gasteiger charge is 2.22. The van der Waals surface area contributed by atoms with Crippen LogP contribution in [0.5, 0.6) is 0 Å². The van der Waals surface area contributed by atoms with Crippen LogP contribution in [0.25, 0.3) is 0 Å². The lowest BCUT2D eigenvalue weighted by Gasteiger charge is -2.34. The number of carbonyl (C=O) groups excluding carboxylic acids is 1. The number of rotatable bonds is 2. The minimum absolute atomic E-state index is 0.119. The summed E-state index contributed by atoms with van der Waals surface area (Å²) >= 11 is 0. The molecular weight excluding hydrogens is 280 g/mol. The second kappa shape index (κ2) is 6.38. The zero-order valence-electron chi connectivity index (χ0n) is 12.4. The van der Waals surface area contributed by atoms with Gasteiger partial charge < -0.3 is 9.80 Å². The van der Waals surface area contributed by atoms with Crippen LogP contribution in [0.2, 0.25) is 0 Å². The normalized spacial score (nSPS) is 14.8. The molecule has 0 spiro atoms. The second-order valence-corrected chi connectivity index (χ2v) is 5.12. The maximum Gasteiger partial charge on any atom is 0.323 e. The van der Waals surface area contributed by atoms with Gasteiger partial charge in [0.25, 0.3) is 0 Å². The van der Waals surface area contributed by atoms with Crippen LogP contribution < -0.4 is 10.2 Å². The number of aromatic nitrogens is 3. The molecule has 3 rings (SSSR count). The van der Waals surface area contributed by atoms with Crippen molar-refractivity contribution in [2.24, 2.45) is 0 Å². The second-order valence-electron chi connectivity index (χ2n) is 5.12. The van der Waals surface area contributed by atoms with Crippen LogP contribution in [0.15, 0.2) is 36.7 Å². The number of carbonyl (C=O) groups is 1. The molecular formula is C15H18N6O. The summed E-state index contributed by atoms with van der Waals surface area (Å²) in [5.41, 5.74) is 0.879. The minimum Gasteiger partial charge on any atom is -0.337 e. The van der Waals surface area contributed by atoms with E-state index in [9.17, 15) is 4.79 Å². The molecule has 0 radical (unpaired) electrons. The number of aryl methyl sites for hydroxylation is 1. The largest absolute Gasteiger partial charge is 0.337 e. The Hall–Kier alpha value is -2.70. The molecule has 0 unspecified atom stereocenters. The lowest BCUT2D eigenvalue weighted by molar-refractivity contribution is 0.208. The van der Waals surface area contributed by atoms with Crippen molar-refractivity contribution in [3.63, 3.8) is 0 Å². The Labute approximate surface area is 129 Å². The number of pyridine rings is 1. The molecule has 2 amide bonds. The van der Waals surface area contributed by atoms with Crippen molar-refractivity contribution in [3.8, 4) is 0 Å². The van der Waals surface area contributed by atoms with E-state index in [1.54, 1.807) is 29.4 Å². The van der Waals surface area contributed by atoms with Crippen molar-refractivity contribution in [1.29, 1.82) is 0 Å². The third-order valence-electron chi connectivity index (χ3n) is 3.53. The number of nitrogens with one attached hydrogen (secondary N) is 1. The van der Waals surface area contributed by atoms with Gasteiger partial charge in [-0.3, -0.25) is 5.32 Å². The van der Waals surface area contributed by atoms with Gasteiger partial charge in [0, 0.05) is 44.3 Å². The summed E-state index contributed by atoms with van der Waals surface area (Å²) in [4.78, 5) is 28.9. The number of hydrogen-bond acceptors (Lipinski definition) is 5. The first-order chi connectivity index (χ1) is 10.7. The molecule has 114 valence electrons. The summed E-state index contributed by atoms with van der Waals surface area (Å²) < 4.78 is 0. The summed E-state index contributed by atoms with van der Waals surface area (Å²) in [5, 5.41) is 2.83. The Morgan fingerprint density at radius 3 is 2.50 bits per heavy atom. The SMILES string of the molecule is Cc1cccc(NC(=O)N2CCN(c3ncccn3)CC2)n1. The van der Waals surface area contributed by atoms with Crippen LogP contribution >= 0.6 is 0 Å². The highest BCUT2D eigenvalue weighted by Crippen LogP contribution is 2.11. The molecule has 0 aromatic carbocycles. The van der Waals surface area contributed by atoms with E-state index < -0.39 is 0 Å². The first-order valence-electron chi connectivity index (χ1n) is 7.24. The average molecular weight is 298 g/mol. The Balaban J connectivity index is 1.56. The number of nitrogens with zero attached hydrogens (tertiary/aromatic N) is 5. The van der Waals surface area contributed by atoms with Gasteiger partial charge in [0.2, 0.25) is 5.95 Å². The molecule has 0 aliphatic carbocycles. The Bertz CT molecular complexity index is 639. The lowest BCUT2D eigenvalue weighted by atomic mass is 10.3. The number of hydrogen-bond donors (Lipinski definition) is 1. The van der Waals surface area contributed by atoms with Gasteiger partial charge in [-0.1, -0.05) is 6.07 Å². The lowest BCUT2D eigenvalue weighted by Crippen LogP contribution is -2.50. The van der Waals surface area contributed by atoms with E-state index in [2.05, 4.69) is 25.2 Å². The highest BCUT2D eigenvalue weighted by molar-refractivity contribution is 5.88. The maximum absolute atomic E-state index is 12.2. The number of piperazine rings is 1. The molecule has 7 heteroatoms. The molecule has 1 fully saturated rings. The summed E-state index contributed by atoms with van der Waals surface area (Å²) in [5.74, 6) is 1.29. The predicted octanol–water partition coefficient (Wildman–Crippen LogP) is 1.53. The zero-order chi connectivity index (χ0) is 15.4. The summed E-state index contributed by atoms with van der Waals surface area (Å²) in [6, 6.07) is 7.24. The van der Waals surface area contributed by atoms with Gasteiger partial charge in [-0.15, -0.1) is 0 Å². The third-order valence-corrected chi connectivity index (χ3v) is 3.53. The van der Waals surface area contributed by atoms with Crippen molar-refractivity contribution in [2.45, 2.75) is 6.92 Å². The van der Waals surface area contributed by atoms with Gasteiger partial charge in [-0.2, -0.15) is 0 Å². The van der Waals surface area contributed by atoms with E-state index in [0.717, 1.165) is 18.8 Å². The average Bonchev–Trinajstić information content (AvgIpc) is 2.56. The predicted molar refractivity (Wildman–Crippen MR) is 83.8 cm³/mol. The topological polar surface area (TPSA) is 74.2 Å². The molecule has 0 atom stereocenters. The zero-order valence-corrected chi connectivity index (χ0v) is 12.4. The highest BCUT2D eigenvalue weighted by atomic mass is 16.2. The molecule has 3 heterocycles. The smallest absolute Gasteiger partial charge is 0.323 e. The fraction of sp³-hybridized carbons (Fsp3) is 0.333. The Kier molecular flexibility index (Phi) is 4.13. The molecule has 2 aromatic heterocycles. The third kappa shape index (κ3) is 3.30. The molecule has 1 aliphatic heterocycles. The fourth-order valence-electron chi connectivity index (χ4n) is 2.37. The van der Waals surface area contributed by atoms with Gasteiger partial charge in [-0.25, -0.2) is 19.7 Å². The fourth-order valence-corrected chi connectivity index (χ4v) is 2.37. The molecule has 7 nitrogen and oxygen atoms in total. The van der Waals surface area contributed by atoms with E-state index in [1.807, 2.05) is 19.1 Å². The number of anilines is 2. The first-order valence-corrected chi connectivity index (χ1v) is 7.24. The van der Waals surface area contributed by atoms with E-state index >= 15 is 0 Å². The molecule has 0 bridgehead atoms. The number of urea groups is 1. The summed E-state index contributed by atoms with van der Waals surface area (Å²) in [7, 11) is 0. The van der Waals surface area contributed by atoms with Crippen LogP contribution in [0.1, 0.15) is 5.69 Å². The van der Waals surface area contributed by atoms with Crippen molar-refractivity contribution in [1.82, 2.24) is 19.9 Å². The van der Waals surface area contributed by atoms with Crippen LogP contribution in [-0.2, 0) is 0 Å². The summed E-state index contributed by atoms with van der Waals surface area (Å²) in [6.45, 7) is 4.61. The molecule has 2 aromatic rings. The van der Waals surface area contributed by atoms with Crippen molar-refractivity contribution in [3.05, 3.63) is 42.4 Å². The quantitative estimate of drug-likeness (QED) is 0.910. The minimum atomic E-state index is -0.119. The molecule has 1 saturated heterocycles. The van der Waals surface area contributed by atoms with Gasteiger partial charge in [-0.05, 0) is 25.1 Å². The number of amides is 2. The van der Waals surface area contributed by atoms with Gasteiger partial charge >= 0.3 is 6.03 Å². The molecule has 1 aliphatic rings. The van der Waals surface area contributed by atoms with E-state index in [0.29, 0.717) is 24.9 Å². The van der Waals surface area contributed by atoms with Crippen LogP contribution in [0.4, 0.5) is 16.6 Å². The van der Waals surface area contributed by atoms with Gasteiger partial charge in [0.1, 0.15) is 5.82 Å². The van der Waals surface area contributed by atoms with Crippen molar-refractivity contribution < 1.29 is 4.79 Å². The van der Waals surface area contributed by atoms with Crippen molar-refractivity contribution >= 4 is 17.8 Å². The van der Waals surface area contributed by atoms with Gasteiger partial charge in [0.05, 0.1) is 0 Å². The van der Waals surface area contributed by atoms with Crippen LogP contribution in [0.3, 0.4) is 0 Å². The standard InChI is InChI=1S/C15H18N6O/c1-12-4-2-5-13(18-12)19-15(22)21-10-8-20(9-11-21)14-16-6-3-7-17-14/h2-7H,8-11H2,1H3,(H,18,19,22). The van der Waals surface area contributed by atoms with Crippen LogP contribution in [0, 0.1) is 6.92 Å².